The van der Waals surface area contributed by atoms with Gasteiger partial charge in [-0.05, 0) is 23.6 Å². The van der Waals surface area contributed by atoms with Crippen molar-refractivity contribution in [3.8, 4) is 11.4 Å². The molecule has 1 aromatic carbocycles. The van der Waals surface area contributed by atoms with Crippen molar-refractivity contribution in [3.63, 3.8) is 0 Å². The fourth-order valence-electron chi connectivity index (χ4n) is 1.76. The zero-order valence-corrected chi connectivity index (χ0v) is 10.3. The average Bonchev–Trinajstić information content (AvgIpc) is 2.85. The molecule has 96 valence electrons. The van der Waals surface area contributed by atoms with Gasteiger partial charge < -0.3 is 5.43 Å². The molecule has 0 atom stereocenters. The third-order valence-electron chi connectivity index (χ3n) is 2.63. The van der Waals surface area contributed by atoms with Gasteiger partial charge in [0.25, 0.3) is 0 Å². The number of hydrazine groups is 1. The molecule has 3 N–H and O–H groups in total. The second-order valence-electron chi connectivity index (χ2n) is 3.80. The number of nitrogens with two attached hydrogens (primary N) is 1. The van der Waals surface area contributed by atoms with E-state index < -0.39 is 11.6 Å². The molecule has 3 rings (SSSR count). The topological polar surface area (TPSA) is 63.8 Å². The number of anilines is 1. The number of nitrogen functional groups attached to an aromatic ring is 1. The number of fused-ring (bicyclic) bond motifs is 1. The Morgan fingerprint density at radius 3 is 2.74 bits per heavy atom. The molecule has 0 amide bonds. The molecule has 0 aliphatic rings. The molecular formula is C12H8F2N4S. The first-order valence-corrected chi connectivity index (χ1v) is 6.24. The highest BCUT2D eigenvalue weighted by Crippen LogP contribution is 2.29. The Labute approximate surface area is 110 Å². The number of rotatable bonds is 2. The number of halogens is 2. The summed E-state index contributed by atoms with van der Waals surface area (Å²) in [6.45, 7) is 0. The molecule has 0 fully saturated rings. The summed E-state index contributed by atoms with van der Waals surface area (Å²) in [6, 6.07) is 5.09. The van der Waals surface area contributed by atoms with Crippen LogP contribution in [0, 0.1) is 11.6 Å². The van der Waals surface area contributed by atoms with E-state index in [4.69, 9.17) is 5.84 Å². The van der Waals surface area contributed by atoms with Gasteiger partial charge in [-0.3, -0.25) is 0 Å². The van der Waals surface area contributed by atoms with Gasteiger partial charge in [0.1, 0.15) is 16.5 Å². The minimum absolute atomic E-state index is 0.133. The number of nitrogens with one attached hydrogen (secondary N) is 1. The van der Waals surface area contributed by atoms with Gasteiger partial charge in [0.05, 0.1) is 10.9 Å². The fourth-order valence-corrected chi connectivity index (χ4v) is 2.52. The largest absolute Gasteiger partial charge is 0.308 e. The SMILES string of the molecule is NNc1nc(-c2ccc(F)cc2F)nc2sccc12. The Balaban J connectivity index is 2.24. The number of thiophene rings is 1. The molecule has 7 heteroatoms. The first kappa shape index (κ1) is 11.9. The van der Waals surface area contributed by atoms with Crippen molar-refractivity contribution in [3.05, 3.63) is 41.3 Å². The molecule has 2 heterocycles. The Hall–Kier alpha value is -2.12. The summed E-state index contributed by atoms with van der Waals surface area (Å²) >= 11 is 1.39. The molecule has 2 aromatic heterocycles. The first-order chi connectivity index (χ1) is 9.19. The molecule has 0 aliphatic heterocycles. The molecule has 0 saturated heterocycles. The number of nitrogens with zero attached hydrogens (tertiary/aromatic N) is 2. The van der Waals surface area contributed by atoms with Crippen LogP contribution in [0.5, 0.6) is 0 Å². The lowest BCUT2D eigenvalue weighted by atomic mass is 10.2. The lowest BCUT2D eigenvalue weighted by Gasteiger charge is -2.06. The fraction of sp³-hybridized carbons (Fsp3) is 0. The third kappa shape index (κ3) is 2.02. The van der Waals surface area contributed by atoms with Crippen molar-refractivity contribution in [2.75, 3.05) is 5.43 Å². The van der Waals surface area contributed by atoms with Crippen molar-refractivity contribution in [1.82, 2.24) is 9.97 Å². The van der Waals surface area contributed by atoms with Gasteiger partial charge in [0.15, 0.2) is 11.6 Å². The van der Waals surface area contributed by atoms with Crippen LogP contribution in [0.3, 0.4) is 0 Å². The molecule has 0 spiro atoms. The van der Waals surface area contributed by atoms with Gasteiger partial charge in [-0.2, -0.15) is 0 Å². The summed E-state index contributed by atoms with van der Waals surface area (Å²) in [5, 5.41) is 2.60. The van der Waals surface area contributed by atoms with Crippen molar-refractivity contribution in [1.29, 1.82) is 0 Å². The third-order valence-corrected chi connectivity index (χ3v) is 3.44. The van der Waals surface area contributed by atoms with Gasteiger partial charge in [0.2, 0.25) is 0 Å². The molecular weight excluding hydrogens is 270 g/mol. The van der Waals surface area contributed by atoms with E-state index in [1.807, 2.05) is 11.4 Å². The van der Waals surface area contributed by atoms with Gasteiger partial charge >= 0.3 is 0 Å². The van der Waals surface area contributed by atoms with Crippen molar-refractivity contribution in [2.24, 2.45) is 5.84 Å². The molecule has 19 heavy (non-hydrogen) atoms. The summed E-state index contributed by atoms with van der Waals surface area (Å²) in [7, 11) is 0. The maximum absolute atomic E-state index is 13.7. The van der Waals surface area contributed by atoms with Crippen LogP contribution in [-0.4, -0.2) is 9.97 Å². The van der Waals surface area contributed by atoms with E-state index in [9.17, 15) is 8.78 Å². The van der Waals surface area contributed by atoms with Crippen LogP contribution in [0.15, 0.2) is 29.6 Å². The Morgan fingerprint density at radius 1 is 1.16 bits per heavy atom. The van der Waals surface area contributed by atoms with Gasteiger partial charge in [0, 0.05) is 6.07 Å². The van der Waals surface area contributed by atoms with Crippen molar-refractivity contribution >= 4 is 27.4 Å². The molecule has 4 nitrogen and oxygen atoms in total. The molecule has 0 unspecified atom stereocenters. The second-order valence-corrected chi connectivity index (χ2v) is 4.70. The molecule has 0 aliphatic carbocycles. The summed E-state index contributed by atoms with van der Waals surface area (Å²) in [5.74, 6) is 4.62. The summed E-state index contributed by atoms with van der Waals surface area (Å²) < 4.78 is 26.6. The highest BCUT2D eigenvalue weighted by Gasteiger charge is 2.13. The van der Waals surface area contributed by atoms with Crippen LogP contribution in [-0.2, 0) is 0 Å². The van der Waals surface area contributed by atoms with Crippen LogP contribution < -0.4 is 11.3 Å². The maximum Gasteiger partial charge on any atom is 0.166 e. The lowest BCUT2D eigenvalue weighted by molar-refractivity contribution is 0.585. The normalized spacial score (nSPS) is 10.9. The zero-order valence-electron chi connectivity index (χ0n) is 9.52. The zero-order chi connectivity index (χ0) is 13.4. The number of aromatic nitrogens is 2. The minimum Gasteiger partial charge on any atom is -0.308 e. The summed E-state index contributed by atoms with van der Waals surface area (Å²) in [4.78, 5) is 9.09. The van der Waals surface area contributed by atoms with E-state index in [-0.39, 0.29) is 11.4 Å². The van der Waals surface area contributed by atoms with Crippen molar-refractivity contribution < 1.29 is 8.78 Å². The molecule has 0 bridgehead atoms. The van der Waals surface area contributed by atoms with Crippen LogP contribution in [0.2, 0.25) is 0 Å². The lowest BCUT2D eigenvalue weighted by Crippen LogP contribution is -2.10. The number of hydrogen-bond donors (Lipinski definition) is 2. The van der Waals surface area contributed by atoms with E-state index in [0.717, 1.165) is 17.5 Å². The Morgan fingerprint density at radius 2 is 2.00 bits per heavy atom. The number of benzene rings is 1. The average molecular weight is 278 g/mol. The van der Waals surface area contributed by atoms with E-state index in [1.165, 1.54) is 17.4 Å². The quantitative estimate of drug-likeness (QED) is 0.559. The minimum atomic E-state index is -0.709. The van der Waals surface area contributed by atoms with Crippen LogP contribution >= 0.6 is 11.3 Å². The molecule has 3 aromatic rings. The van der Waals surface area contributed by atoms with Gasteiger partial charge in [-0.1, -0.05) is 0 Å². The molecule has 0 saturated carbocycles. The monoisotopic (exact) mass is 278 g/mol. The van der Waals surface area contributed by atoms with E-state index in [1.54, 1.807) is 0 Å². The van der Waals surface area contributed by atoms with E-state index >= 15 is 0 Å². The van der Waals surface area contributed by atoms with Gasteiger partial charge in [-0.25, -0.2) is 24.6 Å². The van der Waals surface area contributed by atoms with Crippen LogP contribution in [0.1, 0.15) is 0 Å². The smallest absolute Gasteiger partial charge is 0.166 e. The standard InChI is InChI=1S/C12H8F2N4S/c13-6-1-2-7(9(14)5-6)10-16-11(18-15)8-3-4-19-12(8)17-10/h1-5H,15H2,(H,16,17,18). The molecule has 0 radical (unpaired) electrons. The van der Waals surface area contributed by atoms with Crippen LogP contribution in [0.25, 0.3) is 21.6 Å². The second kappa shape index (κ2) is 4.52. The predicted octanol–water partition coefficient (Wildman–Crippen LogP) is 2.92. The number of hydrogen-bond acceptors (Lipinski definition) is 5. The predicted molar refractivity (Wildman–Crippen MR) is 70.6 cm³/mol. The van der Waals surface area contributed by atoms with E-state index in [2.05, 4.69) is 15.4 Å². The highest BCUT2D eigenvalue weighted by molar-refractivity contribution is 7.16. The maximum atomic E-state index is 13.7. The van der Waals surface area contributed by atoms with Crippen molar-refractivity contribution in [2.45, 2.75) is 0 Å². The highest BCUT2D eigenvalue weighted by atomic mass is 32.1. The van der Waals surface area contributed by atoms with Crippen LogP contribution in [0.4, 0.5) is 14.6 Å². The Kier molecular flexibility index (Phi) is 2.84. The summed E-state index contributed by atoms with van der Waals surface area (Å²) in [5.41, 5.74) is 2.59. The van der Waals surface area contributed by atoms with Gasteiger partial charge in [-0.15, -0.1) is 11.3 Å². The van der Waals surface area contributed by atoms with E-state index in [0.29, 0.717) is 10.6 Å². The summed E-state index contributed by atoms with van der Waals surface area (Å²) in [6.07, 6.45) is 0. The first-order valence-electron chi connectivity index (χ1n) is 5.36. The Bertz CT molecular complexity index is 757.